The van der Waals surface area contributed by atoms with Gasteiger partial charge in [-0.1, -0.05) is 32.5 Å². The quantitative estimate of drug-likeness (QED) is 0.571. The lowest BCUT2D eigenvalue weighted by Crippen LogP contribution is -2.50. The van der Waals surface area contributed by atoms with Crippen LogP contribution in [0, 0.1) is 23.2 Å². The number of carbonyl (C=O) groups excluding carboxylic acids is 3. The zero-order valence-electron chi connectivity index (χ0n) is 14.9. The number of carboxylic acids is 1. The fourth-order valence-electron chi connectivity index (χ4n) is 3.24. The van der Waals surface area contributed by atoms with E-state index in [0.717, 1.165) is 0 Å². The van der Waals surface area contributed by atoms with Gasteiger partial charge in [0.25, 0.3) is 0 Å². The van der Waals surface area contributed by atoms with Crippen LogP contribution in [0.25, 0.3) is 0 Å². The Labute approximate surface area is 151 Å². The highest BCUT2D eigenvalue weighted by Gasteiger charge is 2.60. The third-order valence-corrected chi connectivity index (χ3v) is 6.03. The lowest BCUT2D eigenvalue weighted by Gasteiger charge is -2.37. The Bertz CT molecular complexity index is 559. The Kier molecular flexibility index (Phi) is 7.34. The van der Waals surface area contributed by atoms with Crippen molar-refractivity contribution in [1.29, 1.82) is 0 Å². The number of carbonyl (C=O) groups is 4. The standard InChI is InChI=1S/C17H26O7S/c1-8(2)13(20)17(6-12(19)10(4)14(17)21)16(24)25-7-11(15(22)23)5-9(3)18/h8,10-11,13-14,20-21H,5-7H2,1-4H3,(H,22,23)/t10-,11-,13-,14-,17-/m0/s1. The summed E-state index contributed by atoms with van der Waals surface area (Å²) in [5.41, 5.74) is -1.64. The summed E-state index contributed by atoms with van der Waals surface area (Å²) in [6, 6.07) is 0. The number of thioether (sulfide) groups is 1. The lowest BCUT2D eigenvalue weighted by molar-refractivity contribution is -0.142. The largest absolute Gasteiger partial charge is 0.481 e. The number of rotatable bonds is 8. The van der Waals surface area contributed by atoms with Crippen LogP contribution in [0.2, 0.25) is 0 Å². The van der Waals surface area contributed by atoms with Crippen molar-refractivity contribution in [3.05, 3.63) is 0 Å². The number of aliphatic hydroxyl groups is 2. The van der Waals surface area contributed by atoms with Gasteiger partial charge in [-0.25, -0.2) is 0 Å². The fourth-order valence-corrected chi connectivity index (χ4v) is 4.43. The van der Waals surface area contributed by atoms with Gasteiger partial charge in [0.2, 0.25) is 5.12 Å². The summed E-state index contributed by atoms with van der Waals surface area (Å²) in [6.45, 7) is 6.14. The summed E-state index contributed by atoms with van der Waals surface area (Å²) in [6.07, 6.45) is -3.03. The van der Waals surface area contributed by atoms with Crippen molar-refractivity contribution in [2.24, 2.45) is 23.2 Å². The predicted octanol–water partition coefficient (Wildman–Crippen LogP) is 0.899. The highest BCUT2D eigenvalue weighted by molar-refractivity contribution is 8.13. The smallest absolute Gasteiger partial charge is 0.307 e. The first kappa shape index (κ1) is 21.8. The normalized spacial score (nSPS) is 28.8. The van der Waals surface area contributed by atoms with Crippen molar-refractivity contribution < 1.29 is 34.5 Å². The molecule has 0 amide bonds. The summed E-state index contributed by atoms with van der Waals surface area (Å²) in [5, 5.41) is 29.6. The van der Waals surface area contributed by atoms with Gasteiger partial charge >= 0.3 is 5.97 Å². The van der Waals surface area contributed by atoms with E-state index in [-0.39, 0.29) is 36.1 Å². The molecule has 1 fully saturated rings. The van der Waals surface area contributed by atoms with Gasteiger partial charge in [-0.15, -0.1) is 0 Å². The molecular weight excluding hydrogens is 348 g/mol. The SMILES string of the molecule is CC(=O)C[C@@H](CSC(=O)[C@]1([C@@H](O)C(C)C)CC(=O)[C@H](C)[C@@H]1O)C(=O)O. The molecule has 7 nitrogen and oxygen atoms in total. The topological polar surface area (TPSA) is 129 Å². The zero-order valence-corrected chi connectivity index (χ0v) is 15.7. The molecule has 0 radical (unpaired) electrons. The molecule has 1 saturated carbocycles. The van der Waals surface area contributed by atoms with Gasteiger partial charge < -0.3 is 20.1 Å². The van der Waals surface area contributed by atoms with Crippen LogP contribution < -0.4 is 0 Å². The van der Waals surface area contributed by atoms with Crippen molar-refractivity contribution in [1.82, 2.24) is 0 Å². The molecule has 0 unspecified atom stereocenters. The van der Waals surface area contributed by atoms with E-state index in [2.05, 4.69) is 0 Å². The summed E-state index contributed by atoms with van der Waals surface area (Å²) >= 11 is 0.660. The van der Waals surface area contributed by atoms with Crippen LogP contribution in [0.3, 0.4) is 0 Å². The molecular formula is C17H26O7S. The number of aliphatic hydroxyl groups excluding tert-OH is 2. The third kappa shape index (κ3) is 4.48. The molecule has 25 heavy (non-hydrogen) atoms. The monoisotopic (exact) mass is 374 g/mol. The second-order valence-corrected chi connectivity index (χ2v) is 8.14. The summed E-state index contributed by atoms with van der Waals surface area (Å²) in [4.78, 5) is 47.3. The molecule has 142 valence electrons. The van der Waals surface area contributed by atoms with Gasteiger partial charge in [-0.05, 0) is 12.8 Å². The van der Waals surface area contributed by atoms with Crippen molar-refractivity contribution in [2.75, 3.05) is 5.75 Å². The zero-order chi connectivity index (χ0) is 19.5. The summed E-state index contributed by atoms with van der Waals surface area (Å²) in [7, 11) is 0. The Morgan fingerprint density at radius 1 is 1.32 bits per heavy atom. The second-order valence-electron chi connectivity index (χ2n) is 7.15. The Hall–Kier alpha value is -1.25. The number of hydrogen-bond acceptors (Lipinski definition) is 7. The Morgan fingerprint density at radius 3 is 2.24 bits per heavy atom. The van der Waals surface area contributed by atoms with Crippen LogP contribution in [0.15, 0.2) is 0 Å². The van der Waals surface area contributed by atoms with Gasteiger partial charge in [0, 0.05) is 24.5 Å². The molecule has 1 rings (SSSR count). The van der Waals surface area contributed by atoms with Crippen LogP contribution >= 0.6 is 11.8 Å². The molecule has 5 atom stereocenters. The maximum Gasteiger partial charge on any atom is 0.307 e. The average molecular weight is 374 g/mol. The Balaban J connectivity index is 3.04. The van der Waals surface area contributed by atoms with E-state index in [9.17, 15) is 29.4 Å². The minimum atomic E-state index is -1.64. The van der Waals surface area contributed by atoms with E-state index in [0.29, 0.717) is 11.8 Å². The van der Waals surface area contributed by atoms with E-state index in [1.54, 1.807) is 13.8 Å². The number of aliphatic carboxylic acids is 1. The predicted molar refractivity (Wildman–Crippen MR) is 92.0 cm³/mol. The van der Waals surface area contributed by atoms with Gasteiger partial charge in [0.05, 0.1) is 23.5 Å². The van der Waals surface area contributed by atoms with Gasteiger partial charge in [0.15, 0.2) is 0 Å². The van der Waals surface area contributed by atoms with Crippen molar-refractivity contribution in [3.8, 4) is 0 Å². The first-order valence-electron chi connectivity index (χ1n) is 8.23. The summed E-state index contributed by atoms with van der Waals surface area (Å²) in [5.74, 6) is -4.14. The molecule has 1 aliphatic rings. The number of Topliss-reactive ketones (excluding diaryl/α,β-unsaturated/α-hetero) is 2. The molecule has 0 aromatic carbocycles. The van der Waals surface area contributed by atoms with Crippen molar-refractivity contribution in [3.63, 3.8) is 0 Å². The lowest BCUT2D eigenvalue weighted by atomic mass is 9.74. The van der Waals surface area contributed by atoms with E-state index >= 15 is 0 Å². The minimum Gasteiger partial charge on any atom is -0.481 e. The van der Waals surface area contributed by atoms with Gasteiger partial charge in [0.1, 0.15) is 11.6 Å². The molecule has 0 heterocycles. The van der Waals surface area contributed by atoms with E-state index in [1.165, 1.54) is 13.8 Å². The van der Waals surface area contributed by atoms with Crippen LogP contribution in [-0.2, 0) is 19.2 Å². The number of hydrogen-bond donors (Lipinski definition) is 3. The van der Waals surface area contributed by atoms with Crippen molar-refractivity contribution >= 4 is 34.4 Å². The fraction of sp³-hybridized carbons (Fsp3) is 0.765. The molecule has 0 aliphatic heterocycles. The molecule has 0 aromatic heterocycles. The van der Waals surface area contributed by atoms with Crippen LogP contribution in [-0.4, -0.2) is 55.9 Å². The van der Waals surface area contributed by atoms with E-state index < -0.39 is 40.5 Å². The number of ketones is 2. The maximum absolute atomic E-state index is 12.8. The average Bonchev–Trinajstić information content (AvgIpc) is 2.74. The molecule has 3 N–H and O–H groups in total. The third-order valence-electron chi connectivity index (χ3n) is 4.81. The molecule has 1 aliphatic carbocycles. The van der Waals surface area contributed by atoms with Gasteiger partial charge in [-0.2, -0.15) is 0 Å². The van der Waals surface area contributed by atoms with Gasteiger partial charge in [-0.3, -0.25) is 14.4 Å². The Morgan fingerprint density at radius 2 is 1.88 bits per heavy atom. The summed E-state index contributed by atoms with van der Waals surface area (Å²) < 4.78 is 0. The molecule has 0 spiro atoms. The molecule has 0 bridgehead atoms. The van der Waals surface area contributed by atoms with Crippen LogP contribution in [0.1, 0.15) is 40.5 Å². The number of carboxylic acid groups (broad SMARTS) is 1. The minimum absolute atomic E-state index is 0.157. The first-order valence-corrected chi connectivity index (χ1v) is 9.22. The molecule has 0 aromatic rings. The maximum atomic E-state index is 12.8. The van der Waals surface area contributed by atoms with Crippen LogP contribution in [0.4, 0.5) is 0 Å². The molecule has 8 heteroatoms. The molecule has 0 saturated heterocycles. The van der Waals surface area contributed by atoms with E-state index in [1.807, 2.05) is 0 Å². The highest BCUT2D eigenvalue weighted by Crippen LogP contribution is 2.48. The van der Waals surface area contributed by atoms with Crippen molar-refractivity contribution in [2.45, 2.75) is 52.7 Å². The first-order chi connectivity index (χ1) is 11.4. The second kappa shape index (κ2) is 8.42. The van der Waals surface area contributed by atoms with Crippen LogP contribution in [0.5, 0.6) is 0 Å². The van der Waals surface area contributed by atoms with E-state index in [4.69, 9.17) is 5.11 Å². The highest BCUT2D eigenvalue weighted by atomic mass is 32.2.